The number of nitrogens with zero attached hydrogens (tertiary/aromatic N) is 2. The zero-order valence-electron chi connectivity index (χ0n) is 12.4. The van der Waals surface area contributed by atoms with Crippen LogP contribution in [-0.2, 0) is 6.18 Å². The van der Waals surface area contributed by atoms with Crippen LogP contribution in [0.4, 0.5) is 13.2 Å². The molecule has 0 bridgehead atoms. The molecule has 22 heavy (non-hydrogen) atoms. The summed E-state index contributed by atoms with van der Waals surface area (Å²) in [6.45, 7) is 5.85. The summed E-state index contributed by atoms with van der Waals surface area (Å²) in [6.07, 6.45) is -0.963. The van der Waals surface area contributed by atoms with E-state index in [2.05, 4.69) is 4.98 Å². The number of halogens is 3. The summed E-state index contributed by atoms with van der Waals surface area (Å²) in [5.41, 5.74) is 2.86. The minimum absolute atomic E-state index is 0.111. The zero-order chi connectivity index (χ0) is 16.5. The molecule has 1 aromatic carbocycles. The third-order valence-electron chi connectivity index (χ3n) is 3.45. The first kappa shape index (κ1) is 16.0. The molecule has 0 radical (unpaired) electrons. The molecule has 0 unspecified atom stereocenters. The van der Waals surface area contributed by atoms with E-state index in [-0.39, 0.29) is 5.69 Å². The molecule has 116 valence electrons. The summed E-state index contributed by atoms with van der Waals surface area (Å²) in [4.78, 5) is 3.10. The number of hydrogen-bond acceptors (Lipinski definition) is 2. The Balaban J connectivity index is 2.40. The summed E-state index contributed by atoms with van der Waals surface area (Å²) in [5.74, 6) is 0. The number of aryl methyl sites for hydroxylation is 3. The number of aromatic nitrogens is 2. The third-order valence-corrected chi connectivity index (χ3v) is 3.45. The molecule has 6 heteroatoms. The lowest BCUT2D eigenvalue weighted by Crippen LogP contribution is -2.31. The first-order chi connectivity index (χ1) is 10.2. The molecule has 0 saturated heterocycles. The van der Waals surface area contributed by atoms with Crippen LogP contribution in [0.5, 0.6) is 0 Å². The Labute approximate surface area is 126 Å². The fourth-order valence-electron chi connectivity index (χ4n) is 2.04. The summed E-state index contributed by atoms with van der Waals surface area (Å²) < 4.78 is 38.2. The van der Waals surface area contributed by atoms with Crippen molar-refractivity contribution >= 4 is 12.2 Å². The topological polar surface area (TPSA) is 39.8 Å². The predicted octanol–water partition coefficient (Wildman–Crippen LogP) is 3.83. The molecule has 0 aliphatic carbocycles. The van der Waals surface area contributed by atoms with E-state index < -0.39 is 11.9 Å². The van der Waals surface area contributed by atoms with Gasteiger partial charge in [0.15, 0.2) is 0 Å². The molecule has 2 rings (SSSR count). The van der Waals surface area contributed by atoms with Gasteiger partial charge in [-0.05, 0) is 54.1 Å². The summed E-state index contributed by atoms with van der Waals surface area (Å²) >= 11 is 0. The maximum Gasteiger partial charge on any atom is 0.458 e. The van der Waals surface area contributed by atoms with Crippen molar-refractivity contribution in [3.05, 3.63) is 63.4 Å². The Morgan fingerprint density at radius 3 is 2.27 bits per heavy atom. The van der Waals surface area contributed by atoms with Crippen LogP contribution in [0, 0.1) is 26.0 Å². The van der Waals surface area contributed by atoms with Gasteiger partial charge in [0.25, 0.3) is 12.0 Å². The smallest absolute Gasteiger partial charge is 0.458 e. The van der Waals surface area contributed by atoms with Gasteiger partial charge in [-0.1, -0.05) is 18.2 Å². The van der Waals surface area contributed by atoms with Crippen molar-refractivity contribution in [1.82, 2.24) is 4.98 Å². The van der Waals surface area contributed by atoms with Crippen LogP contribution in [-0.4, -0.2) is 4.98 Å². The maximum absolute atomic E-state index is 12.6. The Bertz CT molecular complexity index is 737. The highest BCUT2D eigenvalue weighted by atomic mass is 19.4. The lowest BCUT2D eigenvalue weighted by molar-refractivity contribution is -0.611. The quantitative estimate of drug-likeness (QED) is 0.625. The highest BCUT2D eigenvalue weighted by molar-refractivity contribution is 5.69. The molecule has 0 saturated carbocycles. The van der Waals surface area contributed by atoms with Crippen molar-refractivity contribution in [2.24, 2.45) is 0 Å². The number of alkyl halides is 3. The lowest BCUT2D eigenvalue weighted by atomic mass is 10.0. The van der Waals surface area contributed by atoms with Crippen LogP contribution in [0.3, 0.4) is 0 Å². The van der Waals surface area contributed by atoms with Gasteiger partial charge in [0.2, 0.25) is 0 Å². The van der Waals surface area contributed by atoms with Crippen molar-refractivity contribution < 1.29 is 17.9 Å². The maximum atomic E-state index is 12.6. The van der Waals surface area contributed by atoms with E-state index in [1.54, 1.807) is 6.08 Å². The first-order valence-corrected chi connectivity index (χ1v) is 6.61. The third kappa shape index (κ3) is 3.44. The largest absolute Gasteiger partial charge is 0.710 e. The monoisotopic (exact) mass is 308 g/mol. The van der Waals surface area contributed by atoms with Gasteiger partial charge < -0.3 is 5.21 Å². The van der Waals surface area contributed by atoms with Crippen LogP contribution in [0.2, 0.25) is 0 Å². The van der Waals surface area contributed by atoms with Crippen molar-refractivity contribution in [3.63, 3.8) is 0 Å². The van der Waals surface area contributed by atoms with Crippen molar-refractivity contribution in [3.8, 4) is 0 Å². The standard InChI is InChI=1S/C16H15F3N2O/c1-10-6-12(3)13(7-11(10)2)4-5-14-8-15(16(17,18)19)20-9-21(14)22/h4-9H,1-3H3. The van der Waals surface area contributed by atoms with E-state index in [4.69, 9.17) is 0 Å². The SMILES string of the molecule is Cc1cc(C)c(C=Cc2cc(C(F)(F)F)nc[n+]2[O-])cc1C. The van der Waals surface area contributed by atoms with Gasteiger partial charge in [-0.3, -0.25) is 0 Å². The predicted molar refractivity (Wildman–Crippen MR) is 77.8 cm³/mol. The molecule has 0 amide bonds. The van der Waals surface area contributed by atoms with E-state index in [1.807, 2.05) is 32.9 Å². The van der Waals surface area contributed by atoms with E-state index in [9.17, 15) is 18.4 Å². The Morgan fingerprint density at radius 2 is 1.64 bits per heavy atom. The van der Waals surface area contributed by atoms with Gasteiger partial charge in [0.1, 0.15) is 5.69 Å². The minimum Gasteiger partial charge on any atom is -0.710 e. The minimum atomic E-state index is -4.58. The summed E-state index contributed by atoms with van der Waals surface area (Å²) in [7, 11) is 0. The van der Waals surface area contributed by atoms with E-state index in [1.165, 1.54) is 6.08 Å². The Morgan fingerprint density at radius 1 is 1.00 bits per heavy atom. The molecule has 0 fully saturated rings. The zero-order valence-corrected chi connectivity index (χ0v) is 12.4. The van der Waals surface area contributed by atoms with Gasteiger partial charge >= 0.3 is 6.18 Å². The highest BCUT2D eigenvalue weighted by Crippen LogP contribution is 2.27. The van der Waals surface area contributed by atoms with Crippen LogP contribution in [0.15, 0.2) is 24.5 Å². The van der Waals surface area contributed by atoms with Crippen LogP contribution in [0.25, 0.3) is 12.2 Å². The molecule has 0 atom stereocenters. The fraction of sp³-hybridized carbons (Fsp3) is 0.250. The molecule has 1 heterocycles. The van der Waals surface area contributed by atoms with Crippen molar-refractivity contribution in [2.75, 3.05) is 0 Å². The average Bonchev–Trinajstić information content (AvgIpc) is 2.41. The fourth-order valence-corrected chi connectivity index (χ4v) is 2.04. The van der Waals surface area contributed by atoms with E-state index in [0.29, 0.717) is 11.1 Å². The van der Waals surface area contributed by atoms with E-state index >= 15 is 0 Å². The van der Waals surface area contributed by atoms with Crippen LogP contribution >= 0.6 is 0 Å². The lowest BCUT2D eigenvalue weighted by Gasteiger charge is -2.08. The molecule has 1 aromatic heterocycles. The second-order valence-electron chi connectivity index (χ2n) is 5.15. The molecule has 0 N–H and O–H groups in total. The molecule has 0 aliphatic heterocycles. The first-order valence-electron chi connectivity index (χ1n) is 6.61. The summed E-state index contributed by atoms with van der Waals surface area (Å²) in [6, 6.07) is 4.66. The molecule has 0 aliphatic rings. The second-order valence-corrected chi connectivity index (χ2v) is 5.15. The molecule has 3 nitrogen and oxygen atoms in total. The summed E-state index contributed by atoms with van der Waals surface area (Å²) in [5, 5.41) is 11.6. The van der Waals surface area contributed by atoms with Gasteiger partial charge in [-0.25, -0.2) is 4.73 Å². The van der Waals surface area contributed by atoms with E-state index in [0.717, 1.165) is 28.3 Å². The average molecular weight is 308 g/mol. The molecule has 2 aromatic rings. The van der Waals surface area contributed by atoms with Gasteiger partial charge in [0, 0.05) is 6.07 Å². The molecule has 0 spiro atoms. The number of hydrogen-bond donors (Lipinski definition) is 0. The highest BCUT2D eigenvalue weighted by Gasteiger charge is 2.37. The Kier molecular flexibility index (Phi) is 4.21. The molecular formula is C16H15F3N2O. The van der Waals surface area contributed by atoms with Gasteiger partial charge in [-0.2, -0.15) is 13.2 Å². The Hall–Kier alpha value is -2.37. The number of benzene rings is 1. The van der Waals surface area contributed by atoms with Gasteiger partial charge in [0.05, 0.1) is 0 Å². The molecular weight excluding hydrogens is 293 g/mol. The van der Waals surface area contributed by atoms with Crippen LogP contribution in [0.1, 0.15) is 33.6 Å². The van der Waals surface area contributed by atoms with Crippen LogP contribution < -0.4 is 4.73 Å². The van der Waals surface area contributed by atoms with Crippen molar-refractivity contribution in [2.45, 2.75) is 26.9 Å². The normalized spacial score (nSPS) is 12.1. The van der Waals surface area contributed by atoms with Crippen molar-refractivity contribution in [1.29, 1.82) is 0 Å². The second kappa shape index (κ2) is 5.79. The number of rotatable bonds is 2. The van der Waals surface area contributed by atoms with Gasteiger partial charge in [-0.15, -0.1) is 0 Å².